The lowest BCUT2D eigenvalue weighted by Gasteiger charge is -2.13. The molecule has 0 aliphatic carbocycles. The van der Waals surface area contributed by atoms with Gasteiger partial charge in [-0.3, -0.25) is 0 Å². The van der Waals surface area contributed by atoms with Crippen molar-refractivity contribution in [3.63, 3.8) is 0 Å². The first-order chi connectivity index (χ1) is 7.86. The van der Waals surface area contributed by atoms with Crippen molar-refractivity contribution in [1.29, 1.82) is 0 Å². The third kappa shape index (κ3) is 3.78. The van der Waals surface area contributed by atoms with Gasteiger partial charge in [0.2, 0.25) is 0 Å². The number of benzene rings is 1. The average molecular weight is 268 g/mol. The highest BCUT2D eigenvalue weighted by molar-refractivity contribution is 6.30. The average Bonchev–Trinajstić information content (AvgIpc) is 2.21. The van der Waals surface area contributed by atoms with Crippen molar-refractivity contribution in [2.24, 2.45) is 5.73 Å². The highest BCUT2D eigenvalue weighted by Gasteiger charge is 2.35. The third-order valence-corrected chi connectivity index (χ3v) is 2.58. The molecule has 2 nitrogen and oxygen atoms in total. The second-order valence-electron chi connectivity index (χ2n) is 3.70. The summed E-state index contributed by atoms with van der Waals surface area (Å²) in [5.41, 5.74) is 4.41. The SMILES string of the molecule is NCCCCc1cc(Cl)cc(C(F)(F)F)c1O. The number of halogens is 4. The number of hydrogen-bond donors (Lipinski definition) is 2. The Kier molecular flexibility index (Phi) is 4.65. The van der Waals surface area contributed by atoms with E-state index < -0.39 is 17.5 Å². The zero-order chi connectivity index (χ0) is 13.1. The van der Waals surface area contributed by atoms with E-state index in [-0.39, 0.29) is 10.6 Å². The van der Waals surface area contributed by atoms with E-state index >= 15 is 0 Å². The van der Waals surface area contributed by atoms with E-state index in [0.717, 1.165) is 6.07 Å². The molecule has 17 heavy (non-hydrogen) atoms. The lowest BCUT2D eigenvalue weighted by atomic mass is 10.0. The van der Waals surface area contributed by atoms with Gasteiger partial charge in [0.05, 0.1) is 5.56 Å². The van der Waals surface area contributed by atoms with E-state index in [0.29, 0.717) is 25.8 Å². The molecule has 0 heterocycles. The Hall–Kier alpha value is -0.940. The van der Waals surface area contributed by atoms with Crippen LogP contribution in [0, 0.1) is 0 Å². The van der Waals surface area contributed by atoms with Crippen LogP contribution in [0.5, 0.6) is 5.75 Å². The van der Waals surface area contributed by atoms with Crippen LogP contribution < -0.4 is 5.73 Å². The highest BCUT2D eigenvalue weighted by atomic mass is 35.5. The predicted molar refractivity (Wildman–Crippen MR) is 60.1 cm³/mol. The number of hydrogen-bond acceptors (Lipinski definition) is 2. The molecule has 0 aliphatic heterocycles. The van der Waals surface area contributed by atoms with E-state index in [1.54, 1.807) is 0 Å². The molecule has 0 saturated carbocycles. The molecule has 1 rings (SSSR count). The topological polar surface area (TPSA) is 46.2 Å². The quantitative estimate of drug-likeness (QED) is 0.822. The Bertz CT molecular complexity index is 393. The van der Waals surface area contributed by atoms with Gasteiger partial charge >= 0.3 is 6.18 Å². The van der Waals surface area contributed by atoms with Crippen molar-refractivity contribution in [2.75, 3.05) is 6.54 Å². The molecule has 6 heteroatoms. The summed E-state index contributed by atoms with van der Waals surface area (Å²) >= 11 is 5.61. The fourth-order valence-electron chi connectivity index (χ4n) is 1.52. The standard InChI is InChI=1S/C11H13ClF3NO/c12-8-5-7(3-1-2-4-16)10(17)9(6-8)11(13,14)15/h5-6,17H,1-4,16H2. The fraction of sp³-hybridized carbons (Fsp3) is 0.455. The van der Waals surface area contributed by atoms with E-state index in [9.17, 15) is 18.3 Å². The molecule has 0 unspecified atom stereocenters. The van der Waals surface area contributed by atoms with Gasteiger partial charge in [-0.25, -0.2) is 0 Å². The van der Waals surface area contributed by atoms with Crippen molar-refractivity contribution >= 4 is 11.6 Å². The smallest absolute Gasteiger partial charge is 0.420 e. The largest absolute Gasteiger partial charge is 0.507 e. The first-order valence-electron chi connectivity index (χ1n) is 5.15. The monoisotopic (exact) mass is 267 g/mol. The maximum absolute atomic E-state index is 12.6. The zero-order valence-corrected chi connectivity index (χ0v) is 9.78. The molecular weight excluding hydrogens is 255 g/mol. The Morgan fingerprint density at radius 1 is 1.24 bits per heavy atom. The summed E-state index contributed by atoms with van der Waals surface area (Å²) in [5, 5.41) is 9.51. The fourth-order valence-corrected chi connectivity index (χ4v) is 1.76. The predicted octanol–water partition coefficient (Wildman–Crippen LogP) is 3.35. The Labute approximate surface area is 102 Å². The molecule has 0 bridgehead atoms. The Morgan fingerprint density at radius 2 is 1.88 bits per heavy atom. The molecule has 0 saturated heterocycles. The molecular formula is C11H13ClF3NO. The summed E-state index contributed by atoms with van der Waals surface area (Å²) < 4.78 is 37.7. The molecule has 0 atom stereocenters. The summed E-state index contributed by atoms with van der Waals surface area (Å²) in [6.07, 6.45) is -2.97. The van der Waals surface area contributed by atoms with E-state index in [1.165, 1.54) is 6.07 Å². The van der Waals surface area contributed by atoms with Crippen LogP contribution in [0.15, 0.2) is 12.1 Å². The number of nitrogens with two attached hydrogens (primary N) is 1. The van der Waals surface area contributed by atoms with Gasteiger partial charge in [-0.05, 0) is 43.5 Å². The molecule has 0 aliphatic rings. The number of rotatable bonds is 4. The Morgan fingerprint density at radius 3 is 2.41 bits per heavy atom. The first kappa shape index (κ1) is 14.1. The summed E-state index contributed by atoms with van der Waals surface area (Å²) in [7, 11) is 0. The van der Waals surface area contributed by atoms with Crippen LogP contribution in [0.25, 0.3) is 0 Å². The number of unbranched alkanes of at least 4 members (excludes halogenated alkanes) is 1. The highest BCUT2D eigenvalue weighted by Crippen LogP contribution is 2.39. The van der Waals surface area contributed by atoms with Crippen LogP contribution in [0.2, 0.25) is 5.02 Å². The van der Waals surface area contributed by atoms with E-state index in [1.807, 2.05) is 0 Å². The molecule has 96 valence electrons. The van der Waals surface area contributed by atoms with Gasteiger partial charge in [0.15, 0.2) is 0 Å². The van der Waals surface area contributed by atoms with Crippen LogP contribution in [0.4, 0.5) is 13.2 Å². The minimum atomic E-state index is -4.60. The maximum Gasteiger partial charge on any atom is 0.420 e. The van der Waals surface area contributed by atoms with Crippen molar-refractivity contribution in [1.82, 2.24) is 0 Å². The number of phenolic OH excluding ortho intramolecular Hbond substituents is 1. The maximum atomic E-state index is 12.6. The van der Waals surface area contributed by atoms with Gasteiger partial charge in [0.25, 0.3) is 0 Å². The van der Waals surface area contributed by atoms with Gasteiger partial charge in [0.1, 0.15) is 5.75 Å². The summed E-state index contributed by atoms with van der Waals surface area (Å²) in [6, 6.07) is 2.08. The lowest BCUT2D eigenvalue weighted by Crippen LogP contribution is -2.07. The molecule has 0 amide bonds. The van der Waals surface area contributed by atoms with Crippen molar-refractivity contribution in [3.05, 3.63) is 28.3 Å². The van der Waals surface area contributed by atoms with Crippen molar-refractivity contribution in [2.45, 2.75) is 25.4 Å². The zero-order valence-electron chi connectivity index (χ0n) is 9.02. The molecule has 0 spiro atoms. The Balaban J connectivity index is 3.02. The van der Waals surface area contributed by atoms with E-state index in [2.05, 4.69) is 0 Å². The van der Waals surface area contributed by atoms with Gasteiger partial charge in [0, 0.05) is 5.02 Å². The van der Waals surface area contributed by atoms with Crippen LogP contribution in [-0.4, -0.2) is 11.7 Å². The second kappa shape index (κ2) is 5.60. The molecule has 1 aromatic carbocycles. The summed E-state index contributed by atoms with van der Waals surface area (Å²) in [5.74, 6) is -0.737. The number of alkyl halides is 3. The molecule has 3 N–H and O–H groups in total. The van der Waals surface area contributed by atoms with Crippen LogP contribution in [0.3, 0.4) is 0 Å². The molecule has 0 aromatic heterocycles. The first-order valence-corrected chi connectivity index (χ1v) is 5.52. The lowest BCUT2D eigenvalue weighted by molar-refractivity contribution is -0.138. The van der Waals surface area contributed by atoms with Crippen LogP contribution in [-0.2, 0) is 12.6 Å². The van der Waals surface area contributed by atoms with Crippen LogP contribution >= 0.6 is 11.6 Å². The molecule has 0 radical (unpaired) electrons. The number of aryl methyl sites for hydroxylation is 1. The van der Waals surface area contributed by atoms with E-state index in [4.69, 9.17) is 17.3 Å². The minimum Gasteiger partial charge on any atom is -0.507 e. The number of phenols is 1. The summed E-state index contributed by atoms with van der Waals surface area (Å²) in [4.78, 5) is 0. The third-order valence-electron chi connectivity index (χ3n) is 2.36. The summed E-state index contributed by atoms with van der Waals surface area (Å²) in [6.45, 7) is 0.466. The minimum absolute atomic E-state index is 0.0297. The van der Waals surface area contributed by atoms with Gasteiger partial charge in [-0.15, -0.1) is 0 Å². The van der Waals surface area contributed by atoms with Crippen molar-refractivity contribution in [3.8, 4) is 5.75 Å². The van der Waals surface area contributed by atoms with Gasteiger partial charge < -0.3 is 10.8 Å². The van der Waals surface area contributed by atoms with Crippen molar-refractivity contribution < 1.29 is 18.3 Å². The second-order valence-corrected chi connectivity index (χ2v) is 4.14. The molecule has 0 fully saturated rings. The number of aromatic hydroxyl groups is 1. The molecule has 1 aromatic rings. The van der Waals surface area contributed by atoms with Gasteiger partial charge in [-0.1, -0.05) is 11.6 Å². The van der Waals surface area contributed by atoms with Crippen LogP contribution in [0.1, 0.15) is 24.0 Å². The normalized spacial score (nSPS) is 11.8. The van der Waals surface area contributed by atoms with Gasteiger partial charge in [-0.2, -0.15) is 13.2 Å².